The lowest BCUT2D eigenvalue weighted by molar-refractivity contribution is -0.138. The number of imide groups is 1. The Kier molecular flexibility index (Phi) is 6.96. The van der Waals surface area contributed by atoms with Crippen molar-refractivity contribution < 1.29 is 29.3 Å². The Morgan fingerprint density at radius 2 is 2.03 bits per heavy atom. The van der Waals surface area contributed by atoms with Gasteiger partial charge in [-0.2, -0.15) is 0 Å². The second kappa shape index (κ2) is 9.32. The van der Waals surface area contributed by atoms with Gasteiger partial charge < -0.3 is 15.3 Å². The summed E-state index contributed by atoms with van der Waals surface area (Å²) in [5, 5.41) is 30.4. The number of hydrogen-bond acceptors (Lipinski definition) is 5. The van der Waals surface area contributed by atoms with E-state index in [4.69, 9.17) is 0 Å². The minimum absolute atomic E-state index is 0.215. The number of allylic oxidation sites excluding steroid dienone is 2. The van der Waals surface area contributed by atoms with Crippen LogP contribution in [0.25, 0.3) is 6.08 Å². The molecule has 2 amide bonds. The molecule has 0 saturated carbocycles. The van der Waals surface area contributed by atoms with Crippen LogP contribution in [0.4, 0.5) is 4.39 Å². The van der Waals surface area contributed by atoms with E-state index in [2.05, 4.69) is 0 Å². The number of amides is 2. The molecule has 3 rings (SSSR count). The highest BCUT2D eigenvalue weighted by Crippen LogP contribution is 2.46. The average Bonchev–Trinajstić information content (AvgIpc) is 2.97. The SMILES string of the molecule is CCC1=C([C@H](O)CC/C(C)=C/c2ccc(O)c(F)c2)[C@H](CO)[C@@H]2C(=O)N(C)C(=O)[C@@H]2C1. The largest absolute Gasteiger partial charge is 0.505 e. The smallest absolute Gasteiger partial charge is 0.233 e. The summed E-state index contributed by atoms with van der Waals surface area (Å²) in [5.74, 6) is -3.26. The second-order valence-corrected chi connectivity index (χ2v) is 8.53. The first kappa shape index (κ1) is 23.2. The maximum atomic E-state index is 13.5. The second-order valence-electron chi connectivity index (χ2n) is 8.53. The number of rotatable bonds is 7. The van der Waals surface area contributed by atoms with Gasteiger partial charge in [0.05, 0.1) is 24.5 Å². The molecule has 1 fully saturated rings. The first-order valence-electron chi connectivity index (χ1n) is 10.7. The monoisotopic (exact) mass is 431 g/mol. The van der Waals surface area contributed by atoms with Crippen LogP contribution in [0.3, 0.4) is 0 Å². The van der Waals surface area contributed by atoms with Crippen LogP contribution in [0.2, 0.25) is 0 Å². The maximum Gasteiger partial charge on any atom is 0.233 e. The van der Waals surface area contributed by atoms with Gasteiger partial charge in [0.15, 0.2) is 11.6 Å². The van der Waals surface area contributed by atoms with Gasteiger partial charge in [0.25, 0.3) is 0 Å². The number of phenolic OH excluding ortho intramolecular Hbond substituents is 1. The summed E-state index contributed by atoms with van der Waals surface area (Å²) in [6.07, 6.45) is 2.93. The van der Waals surface area contributed by atoms with E-state index < -0.39 is 35.4 Å². The number of nitrogens with zero attached hydrogens (tertiary/aromatic N) is 1. The fourth-order valence-corrected chi connectivity index (χ4v) is 4.95. The third-order valence-electron chi connectivity index (χ3n) is 6.58. The molecule has 1 aliphatic carbocycles. The number of carbonyl (C=O) groups is 2. The molecule has 4 atom stereocenters. The Morgan fingerprint density at radius 3 is 2.65 bits per heavy atom. The summed E-state index contributed by atoms with van der Waals surface area (Å²) in [5.41, 5.74) is 3.16. The van der Waals surface area contributed by atoms with Crippen LogP contribution in [0.1, 0.15) is 45.1 Å². The number of phenols is 1. The normalized spacial score (nSPS) is 25.3. The number of carbonyl (C=O) groups excluding carboxylic acids is 2. The maximum absolute atomic E-state index is 13.5. The molecule has 168 valence electrons. The van der Waals surface area contributed by atoms with E-state index in [0.29, 0.717) is 36.8 Å². The Hall–Kier alpha value is -2.51. The zero-order valence-corrected chi connectivity index (χ0v) is 18.1. The van der Waals surface area contributed by atoms with Gasteiger partial charge in [-0.15, -0.1) is 0 Å². The lowest BCUT2D eigenvalue weighted by Crippen LogP contribution is -2.38. The Labute approximate surface area is 181 Å². The van der Waals surface area contributed by atoms with Crippen molar-refractivity contribution in [2.24, 2.45) is 17.8 Å². The van der Waals surface area contributed by atoms with Gasteiger partial charge in [-0.3, -0.25) is 14.5 Å². The van der Waals surface area contributed by atoms with E-state index >= 15 is 0 Å². The number of aliphatic hydroxyl groups is 2. The lowest BCUT2D eigenvalue weighted by Gasteiger charge is -2.36. The zero-order valence-electron chi connectivity index (χ0n) is 18.1. The van der Waals surface area contributed by atoms with Crippen molar-refractivity contribution in [2.75, 3.05) is 13.7 Å². The highest BCUT2D eigenvalue weighted by atomic mass is 19.1. The summed E-state index contributed by atoms with van der Waals surface area (Å²) >= 11 is 0. The third kappa shape index (κ3) is 4.43. The number of aliphatic hydroxyl groups excluding tert-OH is 2. The Morgan fingerprint density at radius 1 is 1.32 bits per heavy atom. The van der Waals surface area contributed by atoms with E-state index in [-0.39, 0.29) is 18.4 Å². The Bertz CT molecular complexity index is 938. The fraction of sp³-hybridized carbons (Fsp3) is 0.500. The van der Waals surface area contributed by atoms with Crippen molar-refractivity contribution in [2.45, 2.75) is 45.6 Å². The highest BCUT2D eigenvalue weighted by molar-refractivity contribution is 6.05. The number of likely N-dealkylation sites (tertiary alicyclic amines) is 1. The molecule has 3 N–H and O–H groups in total. The third-order valence-corrected chi connectivity index (χ3v) is 6.58. The molecule has 6 nitrogen and oxygen atoms in total. The van der Waals surface area contributed by atoms with Crippen LogP contribution in [-0.4, -0.2) is 51.8 Å². The molecular weight excluding hydrogens is 401 g/mol. The standard InChI is InChI=1S/C24H30FNO5/c1-4-15-11-16-22(24(31)26(3)23(16)30)17(12-27)21(15)20(29)7-5-13(2)9-14-6-8-19(28)18(25)10-14/h6,8-10,16-17,20,22,27-29H,4-5,7,11-12H2,1-3H3/b13-9+/t16-,17+,20-,22-/m1/s1. The van der Waals surface area contributed by atoms with Crippen LogP contribution >= 0.6 is 0 Å². The number of hydrogen-bond donors (Lipinski definition) is 3. The lowest BCUT2D eigenvalue weighted by atomic mass is 9.67. The highest BCUT2D eigenvalue weighted by Gasteiger charge is 2.53. The molecule has 0 aromatic heterocycles. The predicted molar refractivity (Wildman–Crippen MR) is 114 cm³/mol. The fourth-order valence-electron chi connectivity index (χ4n) is 4.95. The van der Waals surface area contributed by atoms with Crippen molar-refractivity contribution >= 4 is 17.9 Å². The van der Waals surface area contributed by atoms with E-state index in [0.717, 1.165) is 16.0 Å². The van der Waals surface area contributed by atoms with Crippen LogP contribution in [0.5, 0.6) is 5.75 Å². The van der Waals surface area contributed by atoms with Crippen molar-refractivity contribution in [3.8, 4) is 5.75 Å². The van der Waals surface area contributed by atoms with Crippen LogP contribution in [0.15, 0.2) is 34.9 Å². The van der Waals surface area contributed by atoms with Gasteiger partial charge >= 0.3 is 0 Å². The molecule has 2 aliphatic rings. The molecule has 0 bridgehead atoms. The number of aromatic hydroxyl groups is 1. The van der Waals surface area contributed by atoms with Crippen LogP contribution < -0.4 is 0 Å². The molecule has 1 aromatic carbocycles. The first-order chi connectivity index (χ1) is 14.7. The van der Waals surface area contributed by atoms with Crippen molar-refractivity contribution in [3.63, 3.8) is 0 Å². The van der Waals surface area contributed by atoms with Gasteiger partial charge in [0, 0.05) is 13.0 Å². The zero-order chi connectivity index (χ0) is 22.9. The Balaban J connectivity index is 1.78. The van der Waals surface area contributed by atoms with E-state index in [1.165, 1.54) is 19.2 Å². The van der Waals surface area contributed by atoms with Crippen LogP contribution in [0, 0.1) is 23.6 Å². The quantitative estimate of drug-likeness (QED) is 0.455. The summed E-state index contributed by atoms with van der Waals surface area (Å²) in [4.78, 5) is 26.3. The molecule has 1 heterocycles. The summed E-state index contributed by atoms with van der Waals surface area (Å²) in [6, 6.07) is 4.15. The minimum Gasteiger partial charge on any atom is -0.505 e. The molecule has 31 heavy (non-hydrogen) atoms. The van der Waals surface area contributed by atoms with Gasteiger partial charge in [-0.05, 0) is 55.9 Å². The molecule has 7 heteroatoms. The number of benzene rings is 1. The summed E-state index contributed by atoms with van der Waals surface area (Å²) in [7, 11) is 1.47. The van der Waals surface area contributed by atoms with Gasteiger partial charge in [-0.25, -0.2) is 4.39 Å². The first-order valence-corrected chi connectivity index (χ1v) is 10.7. The van der Waals surface area contributed by atoms with E-state index in [1.807, 2.05) is 13.8 Å². The van der Waals surface area contributed by atoms with Crippen molar-refractivity contribution in [1.29, 1.82) is 0 Å². The molecular formula is C24H30FNO5. The molecule has 1 aliphatic heterocycles. The topological polar surface area (TPSA) is 98.1 Å². The van der Waals surface area contributed by atoms with E-state index in [1.54, 1.807) is 12.1 Å². The average molecular weight is 432 g/mol. The van der Waals surface area contributed by atoms with Crippen LogP contribution in [-0.2, 0) is 9.59 Å². The molecule has 1 aromatic rings. The molecule has 0 radical (unpaired) electrons. The summed E-state index contributed by atoms with van der Waals surface area (Å²) < 4.78 is 13.5. The van der Waals surface area contributed by atoms with Crippen molar-refractivity contribution in [3.05, 3.63) is 46.3 Å². The molecule has 0 unspecified atom stereocenters. The number of fused-ring (bicyclic) bond motifs is 1. The minimum atomic E-state index is -0.846. The van der Waals surface area contributed by atoms with Gasteiger partial charge in [0.2, 0.25) is 11.8 Å². The predicted octanol–water partition coefficient (Wildman–Crippen LogP) is 3.03. The van der Waals surface area contributed by atoms with Crippen molar-refractivity contribution in [1.82, 2.24) is 4.90 Å². The number of halogens is 1. The summed E-state index contributed by atoms with van der Waals surface area (Å²) in [6.45, 7) is 3.53. The van der Waals surface area contributed by atoms with E-state index in [9.17, 15) is 29.3 Å². The molecule has 1 saturated heterocycles. The van der Waals surface area contributed by atoms with Gasteiger partial charge in [0.1, 0.15) is 0 Å². The van der Waals surface area contributed by atoms with Gasteiger partial charge in [-0.1, -0.05) is 30.2 Å². The molecule has 0 spiro atoms.